The summed E-state index contributed by atoms with van der Waals surface area (Å²) in [7, 11) is 1.76. The van der Waals surface area contributed by atoms with Crippen molar-refractivity contribution in [2.24, 2.45) is 4.99 Å². The number of guanidine groups is 1. The number of ether oxygens (including phenoxy) is 1. The summed E-state index contributed by atoms with van der Waals surface area (Å²) in [4.78, 5) is 4.20. The average Bonchev–Trinajstić information content (AvgIpc) is 2.92. The van der Waals surface area contributed by atoms with Gasteiger partial charge in [-0.05, 0) is 43.9 Å². The van der Waals surface area contributed by atoms with Crippen LogP contribution in [0.15, 0.2) is 29.3 Å². The smallest absolute Gasteiger partial charge is 0.191 e. The zero-order valence-electron chi connectivity index (χ0n) is 13.2. The normalized spacial score (nSPS) is 21.3. The standard InChI is InChI=1S/C16H24FN3O.HI/c1-16(9-3-11-21-16)12-20-15(18-2)19-10-8-13-4-6-14(17)7-5-13;/h4-7H,3,8-12H2,1-2H3,(H2,18,19,20);1H. The lowest BCUT2D eigenvalue weighted by molar-refractivity contribution is 0.0243. The molecule has 1 aromatic carbocycles. The van der Waals surface area contributed by atoms with Crippen LogP contribution in [0.3, 0.4) is 0 Å². The second-order valence-corrected chi connectivity index (χ2v) is 5.63. The van der Waals surface area contributed by atoms with Gasteiger partial charge < -0.3 is 15.4 Å². The molecule has 124 valence electrons. The quantitative estimate of drug-likeness (QED) is 0.437. The Balaban J connectivity index is 0.00000242. The van der Waals surface area contributed by atoms with Crippen LogP contribution in [0.2, 0.25) is 0 Å². The average molecular weight is 421 g/mol. The van der Waals surface area contributed by atoms with E-state index in [4.69, 9.17) is 4.74 Å². The van der Waals surface area contributed by atoms with Gasteiger partial charge >= 0.3 is 0 Å². The highest BCUT2D eigenvalue weighted by atomic mass is 127. The van der Waals surface area contributed by atoms with Crippen molar-refractivity contribution in [2.45, 2.75) is 31.8 Å². The first-order chi connectivity index (χ1) is 10.1. The van der Waals surface area contributed by atoms with Crippen molar-refractivity contribution < 1.29 is 9.13 Å². The highest BCUT2D eigenvalue weighted by Crippen LogP contribution is 2.23. The Kier molecular flexibility index (Phi) is 8.09. The van der Waals surface area contributed by atoms with E-state index in [-0.39, 0.29) is 35.4 Å². The molecule has 1 fully saturated rings. The molecule has 4 nitrogen and oxygen atoms in total. The number of hydrogen-bond acceptors (Lipinski definition) is 2. The van der Waals surface area contributed by atoms with E-state index in [0.29, 0.717) is 0 Å². The Labute approximate surface area is 148 Å². The lowest BCUT2D eigenvalue weighted by atomic mass is 10.0. The fourth-order valence-corrected chi connectivity index (χ4v) is 2.44. The van der Waals surface area contributed by atoms with Crippen LogP contribution in [0.5, 0.6) is 0 Å². The van der Waals surface area contributed by atoms with Crippen molar-refractivity contribution in [3.63, 3.8) is 0 Å². The summed E-state index contributed by atoms with van der Waals surface area (Å²) in [6.45, 7) is 4.47. The molecule has 1 aromatic rings. The Bertz CT molecular complexity index is 473. The predicted molar refractivity (Wildman–Crippen MR) is 98.5 cm³/mol. The van der Waals surface area contributed by atoms with Gasteiger partial charge in [-0.15, -0.1) is 24.0 Å². The maximum absolute atomic E-state index is 12.8. The number of aliphatic imine (C=N–C) groups is 1. The summed E-state index contributed by atoms with van der Waals surface area (Å²) in [5, 5.41) is 6.56. The van der Waals surface area contributed by atoms with Gasteiger partial charge in [0.15, 0.2) is 5.96 Å². The third-order valence-corrected chi connectivity index (χ3v) is 3.77. The van der Waals surface area contributed by atoms with E-state index in [1.165, 1.54) is 12.1 Å². The molecule has 1 aliphatic heterocycles. The van der Waals surface area contributed by atoms with Crippen molar-refractivity contribution in [1.29, 1.82) is 0 Å². The van der Waals surface area contributed by atoms with E-state index in [0.717, 1.165) is 50.5 Å². The zero-order chi connectivity index (χ0) is 15.1. The van der Waals surface area contributed by atoms with E-state index in [9.17, 15) is 4.39 Å². The molecule has 0 aromatic heterocycles. The second kappa shape index (κ2) is 9.29. The van der Waals surface area contributed by atoms with Gasteiger partial charge in [0.25, 0.3) is 0 Å². The molecule has 1 atom stereocenters. The van der Waals surface area contributed by atoms with Crippen LogP contribution in [-0.4, -0.2) is 38.3 Å². The molecule has 1 unspecified atom stereocenters. The summed E-state index contributed by atoms with van der Waals surface area (Å²) >= 11 is 0. The molecule has 2 N–H and O–H groups in total. The van der Waals surface area contributed by atoms with Crippen LogP contribution in [0.1, 0.15) is 25.3 Å². The summed E-state index contributed by atoms with van der Waals surface area (Å²) in [6.07, 6.45) is 3.02. The highest BCUT2D eigenvalue weighted by molar-refractivity contribution is 14.0. The van der Waals surface area contributed by atoms with E-state index >= 15 is 0 Å². The summed E-state index contributed by atoms with van der Waals surface area (Å²) in [5.41, 5.74) is 1.01. The maximum atomic E-state index is 12.8. The minimum Gasteiger partial charge on any atom is -0.373 e. The maximum Gasteiger partial charge on any atom is 0.191 e. The lowest BCUT2D eigenvalue weighted by Crippen LogP contribution is -2.45. The van der Waals surface area contributed by atoms with Gasteiger partial charge in [-0.25, -0.2) is 4.39 Å². The van der Waals surface area contributed by atoms with E-state index in [2.05, 4.69) is 22.5 Å². The van der Waals surface area contributed by atoms with Crippen molar-refractivity contribution in [2.75, 3.05) is 26.7 Å². The fraction of sp³-hybridized carbons (Fsp3) is 0.562. The molecule has 0 bridgehead atoms. The van der Waals surface area contributed by atoms with Crippen LogP contribution >= 0.6 is 24.0 Å². The van der Waals surface area contributed by atoms with Crippen LogP contribution < -0.4 is 10.6 Å². The minimum atomic E-state index is -0.200. The number of benzene rings is 1. The first-order valence-electron chi connectivity index (χ1n) is 7.44. The molecule has 0 amide bonds. The first-order valence-corrected chi connectivity index (χ1v) is 7.44. The third kappa shape index (κ3) is 6.08. The minimum absolute atomic E-state index is 0. The molecule has 0 saturated carbocycles. The Hall–Kier alpha value is -0.890. The van der Waals surface area contributed by atoms with Gasteiger partial charge in [0.05, 0.1) is 5.60 Å². The predicted octanol–water partition coefficient (Wildman–Crippen LogP) is 2.72. The van der Waals surface area contributed by atoms with Gasteiger partial charge in [-0.2, -0.15) is 0 Å². The van der Waals surface area contributed by atoms with E-state index in [1.54, 1.807) is 19.2 Å². The van der Waals surface area contributed by atoms with Gasteiger partial charge in [-0.3, -0.25) is 4.99 Å². The van der Waals surface area contributed by atoms with Crippen molar-refractivity contribution in [1.82, 2.24) is 10.6 Å². The SMILES string of the molecule is CN=C(NCCc1ccc(F)cc1)NCC1(C)CCCO1.I. The van der Waals surface area contributed by atoms with Gasteiger partial charge in [0.1, 0.15) is 5.82 Å². The van der Waals surface area contributed by atoms with Gasteiger partial charge in [-0.1, -0.05) is 12.1 Å². The van der Waals surface area contributed by atoms with Crippen molar-refractivity contribution in [3.8, 4) is 0 Å². The summed E-state index contributed by atoms with van der Waals surface area (Å²) in [5.74, 6) is 0.572. The zero-order valence-corrected chi connectivity index (χ0v) is 15.5. The third-order valence-electron chi connectivity index (χ3n) is 3.77. The van der Waals surface area contributed by atoms with Crippen LogP contribution in [0.25, 0.3) is 0 Å². The molecule has 6 heteroatoms. The Morgan fingerprint density at radius 2 is 2.05 bits per heavy atom. The number of rotatable bonds is 5. The van der Waals surface area contributed by atoms with Crippen LogP contribution in [0.4, 0.5) is 4.39 Å². The first kappa shape index (κ1) is 19.2. The molecule has 22 heavy (non-hydrogen) atoms. The van der Waals surface area contributed by atoms with Crippen molar-refractivity contribution in [3.05, 3.63) is 35.6 Å². The van der Waals surface area contributed by atoms with E-state index in [1.807, 2.05) is 0 Å². The molecule has 0 aliphatic carbocycles. The molecule has 0 radical (unpaired) electrons. The lowest BCUT2D eigenvalue weighted by Gasteiger charge is -2.24. The molecule has 1 saturated heterocycles. The summed E-state index contributed by atoms with van der Waals surface area (Å²) < 4.78 is 18.6. The Morgan fingerprint density at radius 3 is 2.64 bits per heavy atom. The fourth-order valence-electron chi connectivity index (χ4n) is 2.44. The van der Waals surface area contributed by atoms with Crippen LogP contribution in [0, 0.1) is 5.82 Å². The largest absolute Gasteiger partial charge is 0.373 e. The molecule has 2 rings (SSSR count). The van der Waals surface area contributed by atoms with Gasteiger partial charge in [0, 0.05) is 26.7 Å². The monoisotopic (exact) mass is 421 g/mol. The number of nitrogens with zero attached hydrogens (tertiary/aromatic N) is 1. The molecular formula is C16H25FIN3O. The van der Waals surface area contributed by atoms with E-state index < -0.39 is 0 Å². The molecule has 1 heterocycles. The number of hydrogen-bond donors (Lipinski definition) is 2. The second-order valence-electron chi connectivity index (χ2n) is 5.63. The van der Waals surface area contributed by atoms with Gasteiger partial charge in [0.2, 0.25) is 0 Å². The summed E-state index contributed by atoms with van der Waals surface area (Å²) in [6, 6.07) is 6.59. The molecular weight excluding hydrogens is 396 g/mol. The Morgan fingerprint density at radius 1 is 1.32 bits per heavy atom. The topological polar surface area (TPSA) is 45.7 Å². The van der Waals surface area contributed by atoms with Crippen LogP contribution in [-0.2, 0) is 11.2 Å². The van der Waals surface area contributed by atoms with Crippen molar-refractivity contribution >= 4 is 29.9 Å². The molecule has 0 spiro atoms. The number of halogens is 2. The molecule has 1 aliphatic rings. The number of nitrogens with one attached hydrogen (secondary N) is 2. The highest BCUT2D eigenvalue weighted by Gasteiger charge is 2.29.